The molecule has 1 spiro atoms. The van der Waals surface area contributed by atoms with Gasteiger partial charge in [0.05, 0.1) is 16.4 Å². The van der Waals surface area contributed by atoms with Gasteiger partial charge in [0, 0.05) is 44.0 Å². The smallest absolute Gasteiger partial charge is 0.252 e. The lowest BCUT2D eigenvalue weighted by molar-refractivity contribution is 0.587. The van der Waals surface area contributed by atoms with Crippen molar-refractivity contribution < 1.29 is 0 Å². The zero-order valence-electron chi connectivity index (χ0n) is 45.3. The summed E-state index contributed by atoms with van der Waals surface area (Å²) in [5.74, 6) is 0. The Labute approximate surface area is 417 Å². The molecule has 352 valence electrons. The number of hydrogen-bond acceptors (Lipinski definition) is 0. The fraction of sp³-hybridized carbons (Fsp3) is 0.373. The van der Waals surface area contributed by atoms with Crippen molar-refractivity contribution in [3.05, 3.63) is 159 Å². The fourth-order valence-electron chi connectivity index (χ4n) is 13.5. The summed E-state index contributed by atoms with van der Waals surface area (Å²) < 4.78 is 5.49. The molecular weight excluding hydrogens is 844 g/mol. The van der Waals surface area contributed by atoms with E-state index in [0.717, 1.165) is 0 Å². The van der Waals surface area contributed by atoms with Gasteiger partial charge in [-0.25, -0.2) is 0 Å². The number of aromatic nitrogens is 2. The van der Waals surface area contributed by atoms with E-state index in [4.69, 9.17) is 0 Å². The average Bonchev–Trinajstić information content (AvgIpc) is 3.88. The summed E-state index contributed by atoms with van der Waals surface area (Å²) >= 11 is 0. The van der Waals surface area contributed by atoms with Gasteiger partial charge in [0.25, 0.3) is 6.71 Å². The molecule has 0 fully saturated rings. The predicted octanol–water partition coefficient (Wildman–Crippen LogP) is 15.5. The van der Waals surface area contributed by atoms with Gasteiger partial charge in [-0.3, -0.25) is 0 Å². The first kappa shape index (κ1) is 44.2. The minimum atomic E-state index is -0.566. The van der Waals surface area contributed by atoms with Crippen molar-refractivity contribution in [2.45, 2.75) is 163 Å². The molecule has 1 aliphatic carbocycles. The molecule has 0 N–H and O–H groups in total. The summed E-state index contributed by atoms with van der Waals surface area (Å²) in [6.07, 6.45) is 0. The molecule has 0 saturated carbocycles. The van der Waals surface area contributed by atoms with E-state index in [-0.39, 0.29) is 39.2 Å². The molecule has 4 aliphatic rings. The quantitative estimate of drug-likeness (QED) is 0.134. The van der Waals surface area contributed by atoms with E-state index in [9.17, 15) is 0 Å². The lowest BCUT2D eigenvalue weighted by Crippen LogP contribution is -2.60. The van der Waals surface area contributed by atoms with Gasteiger partial charge in [-0.1, -0.05) is 191 Å². The first-order valence-corrected chi connectivity index (χ1v) is 26.3. The summed E-state index contributed by atoms with van der Waals surface area (Å²) in [5, 5.41) is 5.50. The molecule has 70 heavy (non-hydrogen) atoms. The van der Waals surface area contributed by atoms with E-state index in [0.29, 0.717) is 0 Å². The molecule has 0 saturated heterocycles. The highest BCUT2D eigenvalue weighted by Crippen LogP contribution is 2.63. The Morgan fingerprint density at radius 2 is 0.743 bits per heavy atom. The number of fused-ring (bicyclic) bond motifs is 14. The van der Waals surface area contributed by atoms with Crippen molar-refractivity contribution in [3.8, 4) is 22.5 Å². The molecule has 5 heterocycles. The third-order valence-corrected chi connectivity index (χ3v) is 17.6. The first-order chi connectivity index (χ1) is 32.5. The Kier molecular flexibility index (Phi) is 8.20. The van der Waals surface area contributed by atoms with Crippen molar-refractivity contribution in [2.24, 2.45) is 0 Å². The second-order valence-electron chi connectivity index (χ2n) is 28.3. The molecular formula is C67H71BN2. The summed E-state index contributed by atoms with van der Waals surface area (Å²) in [4.78, 5) is 0. The summed E-state index contributed by atoms with van der Waals surface area (Å²) in [5.41, 5.74) is 28.4. The van der Waals surface area contributed by atoms with E-state index in [2.05, 4.69) is 237 Å². The van der Waals surface area contributed by atoms with Crippen molar-refractivity contribution >= 4 is 66.7 Å². The molecule has 3 aliphatic heterocycles. The van der Waals surface area contributed by atoms with Crippen LogP contribution >= 0.6 is 0 Å². The van der Waals surface area contributed by atoms with Crippen LogP contribution < -0.4 is 16.4 Å². The Bertz CT molecular complexity index is 3810. The fourth-order valence-corrected chi connectivity index (χ4v) is 13.5. The van der Waals surface area contributed by atoms with Crippen LogP contribution in [0.5, 0.6) is 0 Å². The van der Waals surface area contributed by atoms with E-state index < -0.39 is 5.41 Å². The van der Waals surface area contributed by atoms with Crippen LogP contribution in [0.4, 0.5) is 0 Å². The molecule has 0 bridgehead atoms. The number of hydrogen-bond donors (Lipinski definition) is 0. The van der Waals surface area contributed by atoms with Crippen LogP contribution in [0, 0.1) is 0 Å². The van der Waals surface area contributed by atoms with Crippen LogP contribution in [0.3, 0.4) is 0 Å². The Morgan fingerprint density at radius 1 is 0.343 bits per heavy atom. The Hall–Kier alpha value is -5.80. The topological polar surface area (TPSA) is 9.86 Å². The predicted molar refractivity (Wildman–Crippen MR) is 303 cm³/mol. The third kappa shape index (κ3) is 5.48. The molecule has 0 amide bonds. The van der Waals surface area contributed by atoms with Crippen molar-refractivity contribution in [1.29, 1.82) is 0 Å². The van der Waals surface area contributed by atoms with E-state index in [1.54, 1.807) is 0 Å². The minimum Gasteiger partial charge on any atom is -0.310 e. The SMILES string of the molecule is CC(C)(C)c1ccc2c(c1)-c1cc(C(C)(C)C)ccc1C21c2ccc3c4c2-n2c5c(cc(C(C)(C)C)cc5c5cc(C(C)(C)C)cc1c52)B4c1cc(C(C)(C)C)cc2c4cc(C(C)(C)C)ccc4n-3c12. The summed E-state index contributed by atoms with van der Waals surface area (Å²) in [6.45, 7) is 43.0. The standard InChI is InChI=1S/C67H71BN2/c1-61(2,3)36-19-22-48-42(27-36)43-28-37(62(4,5)6)20-23-49(43)67(48)50-24-26-55-56-60(50)70-57-46(30-39(33-51(57)67)64(10,11)12)47-32-41(66(16,17)18)35-53(59(47)70)68(56)52-34-40(65(13,14)15)31-45-44-29-38(63(7,8)9)21-25-54(44)69(55)58(45)52/h19-35H,1-18H3. The van der Waals surface area contributed by atoms with Crippen LogP contribution in [0.15, 0.2) is 103 Å². The molecule has 7 aromatic carbocycles. The molecule has 2 nitrogen and oxygen atoms in total. The molecule has 0 radical (unpaired) electrons. The largest absolute Gasteiger partial charge is 0.310 e. The van der Waals surface area contributed by atoms with Gasteiger partial charge >= 0.3 is 0 Å². The van der Waals surface area contributed by atoms with Crippen LogP contribution in [0.1, 0.15) is 180 Å². The van der Waals surface area contributed by atoms with Crippen LogP contribution in [-0.2, 0) is 37.9 Å². The maximum Gasteiger partial charge on any atom is 0.252 e. The Morgan fingerprint density at radius 3 is 1.24 bits per heavy atom. The van der Waals surface area contributed by atoms with E-state index in [1.807, 2.05) is 0 Å². The molecule has 9 aromatic rings. The monoisotopic (exact) mass is 915 g/mol. The number of rotatable bonds is 0. The van der Waals surface area contributed by atoms with E-state index in [1.165, 1.54) is 138 Å². The third-order valence-electron chi connectivity index (χ3n) is 17.6. The average molecular weight is 915 g/mol. The highest BCUT2D eigenvalue weighted by atomic mass is 15.1. The van der Waals surface area contributed by atoms with Crippen LogP contribution in [0.25, 0.3) is 66.1 Å². The van der Waals surface area contributed by atoms with Gasteiger partial charge in [-0.2, -0.15) is 0 Å². The lowest BCUT2D eigenvalue weighted by atomic mass is 9.33. The maximum atomic E-state index is 2.80. The van der Waals surface area contributed by atoms with E-state index >= 15 is 0 Å². The first-order valence-electron chi connectivity index (χ1n) is 26.3. The van der Waals surface area contributed by atoms with Gasteiger partial charge in [-0.05, 0) is 152 Å². The van der Waals surface area contributed by atoms with Crippen molar-refractivity contribution in [3.63, 3.8) is 0 Å². The summed E-state index contributed by atoms with van der Waals surface area (Å²) in [6, 6.07) is 43.4. The minimum absolute atomic E-state index is 0.00495. The van der Waals surface area contributed by atoms with Crippen LogP contribution in [-0.4, -0.2) is 15.8 Å². The van der Waals surface area contributed by atoms with Gasteiger partial charge in [0.1, 0.15) is 0 Å². The van der Waals surface area contributed by atoms with Crippen molar-refractivity contribution in [1.82, 2.24) is 9.13 Å². The maximum absolute atomic E-state index is 2.80. The second kappa shape index (κ2) is 13.0. The zero-order valence-corrected chi connectivity index (χ0v) is 45.3. The van der Waals surface area contributed by atoms with Gasteiger partial charge in [0.2, 0.25) is 0 Å². The van der Waals surface area contributed by atoms with Gasteiger partial charge in [0.15, 0.2) is 0 Å². The lowest BCUT2D eigenvalue weighted by Gasteiger charge is -2.44. The molecule has 2 aromatic heterocycles. The molecule has 0 unspecified atom stereocenters. The normalized spacial score (nSPS) is 15.7. The van der Waals surface area contributed by atoms with Crippen LogP contribution in [0.2, 0.25) is 0 Å². The van der Waals surface area contributed by atoms with Gasteiger partial charge in [-0.15, -0.1) is 0 Å². The highest BCUT2D eigenvalue weighted by molar-refractivity contribution is 7.00. The zero-order chi connectivity index (χ0) is 49.7. The Balaban J connectivity index is 1.30. The number of benzene rings is 7. The molecule has 13 rings (SSSR count). The number of nitrogens with zero attached hydrogens (tertiary/aromatic N) is 2. The highest BCUT2D eigenvalue weighted by Gasteiger charge is 2.55. The van der Waals surface area contributed by atoms with Gasteiger partial charge < -0.3 is 9.13 Å². The summed E-state index contributed by atoms with van der Waals surface area (Å²) in [7, 11) is 0. The molecule has 0 atom stereocenters. The molecule has 3 heteroatoms. The second-order valence-corrected chi connectivity index (χ2v) is 28.3. The van der Waals surface area contributed by atoms with Crippen molar-refractivity contribution in [2.75, 3.05) is 0 Å².